The standard InChI is InChI=1S/C16H21FN2O.ClH/c1-19(9-10-3-2-4-13(17)7-10)16(20)14-11-5-6-12(8-11)15(14)18;/h2-4,7,11-12,14-15H,5-6,8-9,18H2,1H3;1H. The molecule has 4 atom stereocenters. The molecule has 1 amide bonds. The lowest BCUT2D eigenvalue weighted by Crippen LogP contribution is -2.45. The van der Waals surface area contributed by atoms with Crippen LogP contribution in [0.15, 0.2) is 24.3 Å². The summed E-state index contributed by atoms with van der Waals surface area (Å²) in [7, 11) is 1.78. The molecule has 2 saturated carbocycles. The van der Waals surface area contributed by atoms with Crippen LogP contribution < -0.4 is 5.73 Å². The first-order valence-electron chi connectivity index (χ1n) is 7.31. The van der Waals surface area contributed by atoms with Crippen LogP contribution in [-0.4, -0.2) is 23.9 Å². The fourth-order valence-corrected chi connectivity index (χ4v) is 3.94. The second kappa shape index (κ2) is 6.32. The zero-order valence-electron chi connectivity index (χ0n) is 12.2. The zero-order valence-corrected chi connectivity index (χ0v) is 13.0. The summed E-state index contributed by atoms with van der Waals surface area (Å²) in [6.45, 7) is 0.442. The number of nitrogens with two attached hydrogens (primary N) is 1. The molecule has 2 N–H and O–H groups in total. The Morgan fingerprint density at radius 1 is 1.38 bits per heavy atom. The van der Waals surface area contributed by atoms with Crippen LogP contribution in [0.2, 0.25) is 0 Å². The number of nitrogens with zero attached hydrogens (tertiary/aromatic N) is 1. The number of benzene rings is 1. The van der Waals surface area contributed by atoms with Crippen molar-refractivity contribution in [2.45, 2.75) is 31.8 Å². The molecule has 1 aromatic rings. The van der Waals surface area contributed by atoms with Gasteiger partial charge in [-0.05, 0) is 48.8 Å². The number of carbonyl (C=O) groups is 1. The Morgan fingerprint density at radius 2 is 2.10 bits per heavy atom. The van der Waals surface area contributed by atoms with Crippen molar-refractivity contribution in [1.82, 2.24) is 4.90 Å². The first kappa shape index (κ1) is 16.2. The maximum absolute atomic E-state index is 13.2. The van der Waals surface area contributed by atoms with E-state index in [1.165, 1.54) is 18.6 Å². The third-order valence-electron chi connectivity index (χ3n) is 4.95. The minimum atomic E-state index is -0.264. The van der Waals surface area contributed by atoms with E-state index in [9.17, 15) is 9.18 Å². The first-order valence-corrected chi connectivity index (χ1v) is 7.31. The molecular weight excluding hydrogens is 291 g/mol. The molecule has 3 nitrogen and oxygen atoms in total. The van der Waals surface area contributed by atoms with Crippen molar-refractivity contribution in [1.29, 1.82) is 0 Å². The van der Waals surface area contributed by atoms with Crippen molar-refractivity contribution >= 4 is 18.3 Å². The molecule has 2 fully saturated rings. The average molecular weight is 313 g/mol. The van der Waals surface area contributed by atoms with Crippen LogP contribution in [0, 0.1) is 23.6 Å². The molecule has 21 heavy (non-hydrogen) atoms. The highest BCUT2D eigenvalue weighted by atomic mass is 35.5. The normalized spacial score (nSPS) is 30.0. The van der Waals surface area contributed by atoms with Gasteiger partial charge in [0.2, 0.25) is 5.91 Å². The van der Waals surface area contributed by atoms with Gasteiger partial charge < -0.3 is 10.6 Å². The Bertz CT molecular complexity index is 523. The van der Waals surface area contributed by atoms with Crippen LogP contribution in [-0.2, 0) is 11.3 Å². The number of fused-ring (bicyclic) bond motifs is 2. The molecule has 0 spiro atoms. The molecule has 0 heterocycles. The van der Waals surface area contributed by atoms with Crippen LogP contribution in [0.3, 0.4) is 0 Å². The van der Waals surface area contributed by atoms with Gasteiger partial charge in [0.15, 0.2) is 0 Å². The van der Waals surface area contributed by atoms with Gasteiger partial charge in [0.05, 0.1) is 5.92 Å². The van der Waals surface area contributed by atoms with E-state index in [0.717, 1.165) is 18.4 Å². The van der Waals surface area contributed by atoms with E-state index in [1.54, 1.807) is 18.0 Å². The topological polar surface area (TPSA) is 46.3 Å². The maximum atomic E-state index is 13.2. The van der Waals surface area contributed by atoms with Crippen LogP contribution >= 0.6 is 12.4 Å². The van der Waals surface area contributed by atoms with Gasteiger partial charge in [0.25, 0.3) is 0 Å². The van der Waals surface area contributed by atoms with Crippen molar-refractivity contribution < 1.29 is 9.18 Å². The van der Waals surface area contributed by atoms with E-state index in [0.29, 0.717) is 18.4 Å². The predicted molar refractivity (Wildman–Crippen MR) is 82.4 cm³/mol. The van der Waals surface area contributed by atoms with Crippen molar-refractivity contribution in [3.8, 4) is 0 Å². The highest BCUT2D eigenvalue weighted by Crippen LogP contribution is 2.48. The van der Waals surface area contributed by atoms with E-state index >= 15 is 0 Å². The number of rotatable bonds is 3. The van der Waals surface area contributed by atoms with Crippen LogP contribution in [0.25, 0.3) is 0 Å². The minimum absolute atomic E-state index is 0. The number of hydrogen-bond acceptors (Lipinski definition) is 2. The monoisotopic (exact) mass is 312 g/mol. The van der Waals surface area contributed by atoms with Gasteiger partial charge in [-0.15, -0.1) is 12.4 Å². The highest BCUT2D eigenvalue weighted by molar-refractivity contribution is 5.85. The van der Waals surface area contributed by atoms with Crippen molar-refractivity contribution in [2.24, 2.45) is 23.5 Å². The molecule has 0 saturated heterocycles. The third kappa shape index (κ3) is 3.06. The summed E-state index contributed by atoms with van der Waals surface area (Å²) in [6, 6.07) is 6.41. The third-order valence-corrected chi connectivity index (χ3v) is 4.95. The molecule has 2 aliphatic carbocycles. The zero-order chi connectivity index (χ0) is 14.3. The van der Waals surface area contributed by atoms with Crippen molar-refractivity contribution in [3.05, 3.63) is 35.6 Å². The second-order valence-electron chi connectivity index (χ2n) is 6.26. The van der Waals surface area contributed by atoms with Gasteiger partial charge in [-0.1, -0.05) is 12.1 Å². The van der Waals surface area contributed by atoms with Crippen LogP contribution in [0.5, 0.6) is 0 Å². The van der Waals surface area contributed by atoms with Gasteiger partial charge in [-0.3, -0.25) is 4.79 Å². The van der Waals surface area contributed by atoms with Gasteiger partial charge in [-0.25, -0.2) is 4.39 Å². The van der Waals surface area contributed by atoms with E-state index in [2.05, 4.69) is 0 Å². The fraction of sp³-hybridized carbons (Fsp3) is 0.562. The summed E-state index contributed by atoms with van der Waals surface area (Å²) < 4.78 is 13.2. The van der Waals surface area contributed by atoms with Crippen LogP contribution in [0.1, 0.15) is 24.8 Å². The molecule has 116 valence electrons. The summed E-state index contributed by atoms with van der Waals surface area (Å²) in [5.74, 6) is 0.801. The Hall–Kier alpha value is -1.13. The molecule has 2 aliphatic rings. The molecule has 2 bridgehead atoms. The lowest BCUT2D eigenvalue weighted by molar-refractivity contribution is -0.137. The van der Waals surface area contributed by atoms with Crippen LogP contribution in [0.4, 0.5) is 4.39 Å². The Morgan fingerprint density at radius 3 is 2.71 bits per heavy atom. The first-order chi connectivity index (χ1) is 9.56. The summed E-state index contributed by atoms with van der Waals surface area (Å²) in [6.07, 6.45) is 3.40. The van der Waals surface area contributed by atoms with E-state index in [1.807, 2.05) is 6.07 Å². The number of hydrogen-bond donors (Lipinski definition) is 1. The summed E-state index contributed by atoms with van der Waals surface area (Å²) in [5, 5.41) is 0. The summed E-state index contributed by atoms with van der Waals surface area (Å²) in [5.41, 5.74) is 7.03. The molecule has 4 unspecified atom stereocenters. The Labute approximate surface area is 131 Å². The van der Waals surface area contributed by atoms with E-state index in [4.69, 9.17) is 5.73 Å². The molecule has 0 radical (unpaired) electrons. The van der Waals surface area contributed by atoms with Gasteiger partial charge in [-0.2, -0.15) is 0 Å². The van der Waals surface area contributed by atoms with Gasteiger partial charge in [0, 0.05) is 19.6 Å². The number of amides is 1. The largest absolute Gasteiger partial charge is 0.341 e. The Kier molecular flexibility index (Phi) is 4.89. The lowest BCUT2D eigenvalue weighted by atomic mass is 9.84. The molecular formula is C16H22ClFN2O. The molecule has 5 heteroatoms. The second-order valence-corrected chi connectivity index (χ2v) is 6.26. The SMILES string of the molecule is CN(Cc1cccc(F)c1)C(=O)C1C2CCC(C2)C1N.Cl. The number of halogens is 2. The minimum Gasteiger partial charge on any atom is -0.341 e. The smallest absolute Gasteiger partial charge is 0.227 e. The number of carbonyl (C=O) groups excluding carboxylic acids is 1. The summed E-state index contributed by atoms with van der Waals surface area (Å²) in [4.78, 5) is 14.3. The molecule has 1 aromatic carbocycles. The average Bonchev–Trinajstić information content (AvgIpc) is 2.98. The molecule has 0 aliphatic heterocycles. The molecule has 3 rings (SSSR count). The Balaban J connectivity index is 0.00000161. The maximum Gasteiger partial charge on any atom is 0.227 e. The van der Waals surface area contributed by atoms with Gasteiger partial charge in [0.1, 0.15) is 5.82 Å². The highest BCUT2D eigenvalue weighted by Gasteiger charge is 2.49. The van der Waals surface area contributed by atoms with E-state index in [-0.39, 0.29) is 36.1 Å². The van der Waals surface area contributed by atoms with Gasteiger partial charge >= 0.3 is 0 Å². The fourth-order valence-electron chi connectivity index (χ4n) is 3.94. The van der Waals surface area contributed by atoms with Crippen molar-refractivity contribution in [3.63, 3.8) is 0 Å². The van der Waals surface area contributed by atoms with E-state index < -0.39 is 0 Å². The molecule has 0 aromatic heterocycles. The van der Waals surface area contributed by atoms with Crippen molar-refractivity contribution in [2.75, 3.05) is 7.05 Å². The quantitative estimate of drug-likeness (QED) is 0.932. The summed E-state index contributed by atoms with van der Waals surface area (Å²) >= 11 is 0. The lowest BCUT2D eigenvalue weighted by Gasteiger charge is -2.30. The predicted octanol–water partition coefficient (Wildman–Crippen LogP) is 2.58.